The Morgan fingerprint density at radius 3 is 1.16 bits per heavy atom. The lowest BCUT2D eigenvalue weighted by atomic mass is 9.54. The second kappa shape index (κ2) is 6.77. The van der Waals surface area contributed by atoms with E-state index in [9.17, 15) is 19.2 Å². The van der Waals surface area contributed by atoms with E-state index >= 15 is 0 Å². The van der Waals surface area contributed by atoms with E-state index in [1.165, 1.54) is 0 Å². The Bertz CT molecular complexity index is 1120. The minimum Gasteiger partial charge on any atom is -0.274 e. The Labute approximate surface area is 193 Å². The average molecular weight is 467 g/mol. The fourth-order valence-electron chi connectivity index (χ4n) is 5.97. The van der Waals surface area contributed by atoms with Crippen molar-refractivity contribution < 1.29 is 19.2 Å². The molecule has 0 radical (unpaired) electrons. The number of hydrogen-bond donors (Lipinski definition) is 0. The van der Waals surface area contributed by atoms with Gasteiger partial charge in [0.2, 0.25) is 23.6 Å². The monoisotopic (exact) mass is 466 g/mol. The van der Waals surface area contributed by atoms with Gasteiger partial charge >= 0.3 is 0 Å². The van der Waals surface area contributed by atoms with Gasteiger partial charge in [-0.25, -0.2) is 9.80 Å². The highest BCUT2D eigenvalue weighted by Crippen LogP contribution is 2.59. The molecule has 1 saturated carbocycles. The highest BCUT2D eigenvalue weighted by Gasteiger charge is 2.69. The molecular formula is C24H16Cl2N2O4. The van der Waals surface area contributed by atoms with Gasteiger partial charge in [0.1, 0.15) is 0 Å². The molecule has 0 N–H and O–H groups in total. The molecule has 2 aromatic carbocycles. The number of benzene rings is 2. The van der Waals surface area contributed by atoms with E-state index in [2.05, 4.69) is 0 Å². The van der Waals surface area contributed by atoms with Gasteiger partial charge in [0.25, 0.3) is 0 Å². The van der Waals surface area contributed by atoms with Crippen LogP contribution in [0.4, 0.5) is 11.4 Å². The summed E-state index contributed by atoms with van der Waals surface area (Å²) in [6.45, 7) is 0. The highest BCUT2D eigenvalue weighted by molar-refractivity contribution is 6.37. The lowest BCUT2D eigenvalue weighted by Gasteiger charge is -2.44. The minimum atomic E-state index is -0.696. The van der Waals surface area contributed by atoms with E-state index < -0.39 is 35.5 Å². The van der Waals surface area contributed by atoms with Crippen LogP contribution in [0.25, 0.3) is 0 Å². The molecule has 160 valence electrons. The first kappa shape index (κ1) is 19.7. The van der Waals surface area contributed by atoms with Crippen LogP contribution in [0, 0.1) is 35.5 Å². The van der Waals surface area contributed by atoms with Crippen molar-refractivity contribution in [3.63, 3.8) is 0 Å². The summed E-state index contributed by atoms with van der Waals surface area (Å²) < 4.78 is 0. The second-order valence-electron chi connectivity index (χ2n) is 8.57. The van der Waals surface area contributed by atoms with Gasteiger partial charge in [0.15, 0.2) is 0 Å². The van der Waals surface area contributed by atoms with Gasteiger partial charge in [-0.2, -0.15) is 0 Å². The van der Waals surface area contributed by atoms with Crippen LogP contribution in [0.1, 0.15) is 0 Å². The quantitative estimate of drug-likeness (QED) is 0.499. The molecule has 8 heteroatoms. The Balaban J connectivity index is 1.43. The number of hydrogen-bond acceptors (Lipinski definition) is 4. The van der Waals surface area contributed by atoms with Crippen LogP contribution in [-0.4, -0.2) is 23.6 Å². The Kier molecular flexibility index (Phi) is 4.17. The smallest absolute Gasteiger partial charge is 0.238 e. The van der Waals surface area contributed by atoms with E-state index in [0.29, 0.717) is 21.4 Å². The van der Waals surface area contributed by atoms with E-state index in [-0.39, 0.29) is 23.6 Å². The summed E-state index contributed by atoms with van der Waals surface area (Å²) in [6.07, 6.45) is 3.66. The number of imide groups is 2. The molecule has 4 amide bonds. The highest BCUT2D eigenvalue weighted by atomic mass is 35.5. The third kappa shape index (κ3) is 2.37. The molecular weight excluding hydrogens is 451 g/mol. The number of anilines is 2. The van der Waals surface area contributed by atoms with Crippen molar-refractivity contribution in [2.75, 3.05) is 9.80 Å². The van der Waals surface area contributed by atoms with Crippen LogP contribution in [0.5, 0.6) is 0 Å². The fraction of sp³-hybridized carbons (Fsp3) is 0.250. The van der Waals surface area contributed by atoms with Gasteiger partial charge in [0, 0.05) is 11.8 Å². The summed E-state index contributed by atoms with van der Waals surface area (Å²) >= 11 is 12.6. The third-order valence-electron chi connectivity index (χ3n) is 7.20. The lowest BCUT2D eigenvalue weighted by molar-refractivity contribution is -0.137. The van der Waals surface area contributed by atoms with Crippen LogP contribution >= 0.6 is 23.2 Å². The average Bonchev–Trinajstić information content (AvgIpc) is 3.22. The Morgan fingerprint density at radius 1 is 0.531 bits per heavy atom. The number of carbonyl (C=O) groups excluding carboxylic acids is 4. The van der Waals surface area contributed by atoms with E-state index in [0.717, 1.165) is 9.80 Å². The summed E-state index contributed by atoms with van der Waals surface area (Å²) in [5.41, 5.74) is 0.664. The van der Waals surface area contributed by atoms with Crippen LogP contribution in [0.3, 0.4) is 0 Å². The van der Waals surface area contributed by atoms with Gasteiger partial charge in [-0.1, -0.05) is 59.6 Å². The topological polar surface area (TPSA) is 74.8 Å². The third-order valence-corrected chi connectivity index (χ3v) is 7.84. The van der Waals surface area contributed by atoms with Gasteiger partial charge in [-0.05, 0) is 24.3 Å². The van der Waals surface area contributed by atoms with Crippen molar-refractivity contribution in [3.8, 4) is 0 Å². The molecule has 0 spiro atoms. The van der Waals surface area contributed by atoms with Gasteiger partial charge in [-0.15, -0.1) is 0 Å². The molecule has 4 unspecified atom stereocenters. The zero-order valence-electron chi connectivity index (χ0n) is 16.5. The molecule has 0 aromatic heterocycles. The SMILES string of the molecule is O=C1C2C3C=CC([C@@H]2C(=O)N1c1ccccc1Cl)[C@H]1C(=O)N(c2ccccc2Cl)C(=O)C31. The first-order chi connectivity index (χ1) is 15.4. The number of amides is 4. The van der Waals surface area contributed by atoms with Crippen molar-refractivity contribution in [1.29, 1.82) is 0 Å². The lowest BCUT2D eigenvalue weighted by Crippen LogP contribution is -2.50. The van der Waals surface area contributed by atoms with Crippen LogP contribution < -0.4 is 9.80 Å². The molecule has 5 aliphatic rings. The molecule has 32 heavy (non-hydrogen) atoms. The number of rotatable bonds is 2. The molecule has 2 heterocycles. The second-order valence-corrected chi connectivity index (χ2v) is 9.38. The molecule has 2 saturated heterocycles. The fourth-order valence-corrected chi connectivity index (χ4v) is 6.41. The maximum Gasteiger partial charge on any atom is 0.238 e. The largest absolute Gasteiger partial charge is 0.274 e. The summed E-state index contributed by atoms with van der Waals surface area (Å²) in [6, 6.07) is 13.4. The Morgan fingerprint density at radius 2 is 0.844 bits per heavy atom. The van der Waals surface area contributed by atoms with E-state index in [1.807, 2.05) is 12.2 Å². The Hall–Kier alpha value is -2.96. The zero-order valence-corrected chi connectivity index (χ0v) is 18.0. The van der Waals surface area contributed by atoms with Crippen LogP contribution in [0.2, 0.25) is 10.0 Å². The van der Waals surface area contributed by atoms with Gasteiger partial charge < -0.3 is 0 Å². The molecule has 3 fully saturated rings. The van der Waals surface area contributed by atoms with Gasteiger partial charge in [-0.3, -0.25) is 19.2 Å². The van der Waals surface area contributed by atoms with Crippen molar-refractivity contribution in [2.24, 2.45) is 35.5 Å². The maximum atomic E-state index is 13.5. The first-order valence-electron chi connectivity index (χ1n) is 10.3. The molecule has 6 atom stereocenters. The van der Waals surface area contributed by atoms with Crippen molar-refractivity contribution in [1.82, 2.24) is 0 Å². The van der Waals surface area contributed by atoms with Crippen molar-refractivity contribution in [2.45, 2.75) is 0 Å². The number of halogens is 2. The summed E-state index contributed by atoms with van der Waals surface area (Å²) in [4.78, 5) is 56.1. The predicted octanol–water partition coefficient (Wildman–Crippen LogP) is 3.72. The maximum absolute atomic E-state index is 13.5. The van der Waals surface area contributed by atoms with Gasteiger partial charge in [0.05, 0.1) is 45.1 Å². The molecule has 3 aliphatic carbocycles. The first-order valence-corrected chi connectivity index (χ1v) is 11.1. The zero-order chi connectivity index (χ0) is 22.3. The number of nitrogens with zero attached hydrogens (tertiary/aromatic N) is 2. The molecule has 2 aromatic rings. The van der Waals surface area contributed by atoms with E-state index in [4.69, 9.17) is 23.2 Å². The van der Waals surface area contributed by atoms with Crippen molar-refractivity contribution >= 4 is 58.2 Å². The minimum absolute atomic E-state index is 0.297. The molecule has 2 bridgehead atoms. The standard InChI is InChI=1S/C24H16Cl2N2O4/c25-13-5-1-3-7-15(13)27-21(29)17-11-9-10-12(18(17)22(27)30)20-19(11)23(31)28(24(20)32)16-8-4-2-6-14(16)26/h1-12,17-20H/t11?,12?,17-,18?,19+,20?. The predicted molar refractivity (Wildman–Crippen MR) is 118 cm³/mol. The molecule has 6 nitrogen and oxygen atoms in total. The summed E-state index contributed by atoms with van der Waals surface area (Å²) in [5, 5.41) is 0.593. The van der Waals surface area contributed by atoms with Crippen molar-refractivity contribution in [3.05, 3.63) is 70.7 Å². The summed E-state index contributed by atoms with van der Waals surface area (Å²) in [7, 11) is 0. The molecule has 7 rings (SSSR count). The van der Waals surface area contributed by atoms with Crippen LogP contribution in [-0.2, 0) is 19.2 Å². The van der Waals surface area contributed by atoms with Crippen LogP contribution in [0.15, 0.2) is 60.7 Å². The van der Waals surface area contributed by atoms with E-state index in [1.54, 1.807) is 48.5 Å². The number of carbonyl (C=O) groups is 4. The summed E-state index contributed by atoms with van der Waals surface area (Å²) in [5.74, 6) is -5.35. The normalized spacial score (nSPS) is 32.7. The number of allylic oxidation sites excluding steroid dienone is 2. The number of para-hydroxylation sites is 2. The molecule has 2 aliphatic heterocycles.